The van der Waals surface area contributed by atoms with Crippen molar-refractivity contribution in [1.29, 1.82) is 0 Å². The fraction of sp³-hybridized carbons (Fsp3) is 0.562. The predicted octanol–water partition coefficient (Wildman–Crippen LogP) is 2.61. The molecule has 2 rings (SSSR count). The van der Waals surface area contributed by atoms with E-state index >= 15 is 0 Å². The molecule has 5 nitrogen and oxygen atoms in total. The Kier molecular flexibility index (Phi) is 6.85. The van der Waals surface area contributed by atoms with Gasteiger partial charge in [0, 0.05) is 32.1 Å². The molecular formula is C16H25N3O2. The maximum Gasteiger partial charge on any atom is 0.228 e. The van der Waals surface area contributed by atoms with Crippen molar-refractivity contribution >= 4 is 17.6 Å². The van der Waals surface area contributed by atoms with Gasteiger partial charge in [0.1, 0.15) is 5.82 Å². The molecule has 0 bridgehead atoms. The normalized spacial score (nSPS) is 15.0. The monoisotopic (exact) mass is 291 g/mol. The summed E-state index contributed by atoms with van der Waals surface area (Å²) >= 11 is 0. The van der Waals surface area contributed by atoms with E-state index in [1.165, 1.54) is 0 Å². The fourth-order valence-electron chi connectivity index (χ4n) is 2.29. The third kappa shape index (κ3) is 5.17. The van der Waals surface area contributed by atoms with Crippen LogP contribution < -0.4 is 5.32 Å². The second-order valence-corrected chi connectivity index (χ2v) is 4.99. The molecule has 2 heterocycles. The molecule has 1 aliphatic heterocycles. The average molecular weight is 291 g/mol. The second kappa shape index (κ2) is 8.39. The van der Waals surface area contributed by atoms with Gasteiger partial charge >= 0.3 is 0 Å². The molecule has 0 aromatic carbocycles. The number of rotatable bonds is 2. The Hall–Kier alpha value is -1.91. The van der Waals surface area contributed by atoms with Gasteiger partial charge in [-0.15, -0.1) is 0 Å². The summed E-state index contributed by atoms with van der Waals surface area (Å²) in [5.74, 6) is 0.650. The first-order valence-corrected chi connectivity index (χ1v) is 7.55. The molecule has 21 heavy (non-hydrogen) atoms. The summed E-state index contributed by atoms with van der Waals surface area (Å²) in [6.45, 7) is 8.85. The molecule has 1 aliphatic rings. The molecule has 1 saturated heterocycles. The van der Waals surface area contributed by atoms with Gasteiger partial charge in [-0.1, -0.05) is 13.8 Å². The molecular weight excluding hydrogens is 266 g/mol. The van der Waals surface area contributed by atoms with E-state index in [1.54, 1.807) is 18.0 Å². The lowest BCUT2D eigenvalue weighted by Crippen LogP contribution is -2.40. The Balaban J connectivity index is 0.00000106. The highest BCUT2D eigenvalue weighted by Crippen LogP contribution is 2.19. The maximum absolute atomic E-state index is 12.1. The van der Waals surface area contributed by atoms with E-state index in [0.29, 0.717) is 18.9 Å². The summed E-state index contributed by atoms with van der Waals surface area (Å²) in [5.41, 5.74) is 1.07. The van der Waals surface area contributed by atoms with E-state index in [1.807, 2.05) is 32.9 Å². The number of aromatic nitrogens is 1. The van der Waals surface area contributed by atoms with Crippen molar-refractivity contribution in [2.75, 3.05) is 18.4 Å². The van der Waals surface area contributed by atoms with E-state index in [4.69, 9.17) is 0 Å². The lowest BCUT2D eigenvalue weighted by atomic mass is 9.96. The third-order valence-corrected chi connectivity index (χ3v) is 3.48. The van der Waals surface area contributed by atoms with Crippen molar-refractivity contribution < 1.29 is 9.59 Å². The van der Waals surface area contributed by atoms with E-state index in [-0.39, 0.29) is 17.7 Å². The summed E-state index contributed by atoms with van der Waals surface area (Å²) in [6, 6.07) is 3.74. The smallest absolute Gasteiger partial charge is 0.228 e. The first-order valence-electron chi connectivity index (χ1n) is 7.55. The molecule has 0 unspecified atom stereocenters. The van der Waals surface area contributed by atoms with Crippen LogP contribution in [0.5, 0.6) is 0 Å². The number of amides is 2. The minimum atomic E-state index is -0.0297. The maximum atomic E-state index is 12.1. The quantitative estimate of drug-likeness (QED) is 0.911. The number of carbonyl (C=O) groups is 2. The first-order chi connectivity index (χ1) is 10.1. The Bertz CT molecular complexity index is 480. The summed E-state index contributed by atoms with van der Waals surface area (Å²) in [7, 11) is 0. The summed E-state index contributed by atoms with van der Waals surface area (Å²) < 4.78 is 0. The van der Waals surface area contributed by atoms with Crippen molar-refractivity contribution in [2.45, 2.75) is 40.5 Å². The van der Waals surface area contributed by atoms with E-state index < -0.39 is 0 Å². The van der Waals surface area contributed by atoms with Crippen LogP contribution in [-0.2, 0) is 9.59 Å². The van der Waals surface area contributed by atoms with Gasteiger partial charge < -0.3 is 10.2 Å². The van der Waals surface area contributed by atoms with Crippen molar-refractivity contribution in [1.82, 2.24) is 9.88 Å². The number of anilines is 1. The number of nitrogens with one attached hydrogen (secondary N) is 1. The number of carbonyl (C=O) groups excluding carboxylic acids is 2. The summed E-state index contributed by atoms with van der Waals surface area (Å²) in [5, 5.41) is 2.84. The second-order valence-electron chi connectivity index (χ2n) is 4.99. The van der Waals surface area contributed by atoms with Gasteiger partial charge in [-0.2, -0.15) is 0 Å². The van der Waals surface area contributed by atoms with E-state index in [2.05, 4.69) is 10.3 Å². The Morgan fingerprint density at radius 1 is 1.29 bits per heavy atom. The van der Waals surface area contributed by atoms with Crippen molar-refractivity contribution in [2.24, 2.45) is 5.92 Å². The van der Waals surface area contributed by atoms with Gasteiger partial charge in [0.05, 0.1) is 0 Å². The van der Waals surface area contributed by atoms with Gasteiger partial charge in [0.15, 0.2) is 0 Å². The van der Waals surface area contributed by atoms with Crippen LogP contribution in [0.2, 0.25) is 0 Å². The highest BCUT2D eigenvalue weighted by molar-refractivity contribution is 5.91. The number of piperidine rings is 1. The zero-order chi connectivity index (χ0) is 15.8. The largest absolute Gasteiger partial charge is 0.343 e. The van der Waals surface area contributed by atoms with E-state index in [0.717, 1.165) is 18.4 Å². The average Bonchev–Trinajstić information content (AvgIpc) is 2.49. The van der Waals surface area contributed by atoms with Gasteiger partial charge in [0.25, 0.3) is 0 Å². The van der Waals surface area contributed by atoms with Crippen molar-refractivity contribution in [3.8, 4) is 0 Å². The highest BCUT2D eigenvalue weighted by atomic mass is 16.2. The zero-order valence-electron chi connectivity index (χ0n) is 13.3. The SMILES string of the molecule is CC.CC(=O)N1CCC(C(=O)Nc2cc(C)ccn2)CC1. The minimum absolute atomic E-state index is 0.00121. The number of hydrogen-bond acceptors (Lipinski definition) is 3. The number of pyridine rings is 1. The number of hydrogen-bond donors (Lipinski definition) is 1. The zero-order valence-corrected chi connectivity index (χ0v) is 13.3. The predicted molar refractivity (Wildman–Crippen MR) is 83.9 cm³/mol. The standard InChI is InChI=1S/C14H19N3O2.C2H6/c1-10-3-6-15-13(9-10)16-14(19)12-4-7-17(8-5-12)11(2)18;1-2/h3,6,9,12H,4-5,7-8H2,1-2H3,(H,15,16,19);1-2H3. The molecule has 1 N–H and O–H groups in total. The number of aryl methyl sites for hydroxylation is 1. The Morgan fingerprint density at radius 3 is 2.43 bits per heavy atom. The topological polar surface area (TPSA) is 62.3 Å². The molecule has 1 fully saturated rings. The van der Waals surface area contributed by atoms with Gasteiger partial charge in [-0.25, -0.2) is 4.98 Å². The lowest BCUT2D eigenvalue weighted by molar-refractivity contribution is -0.132. The van der Waals surface area contributed by atoms with Crippen LogP contribution in [0.1, 0.15) is 39.2 Å². The van der Waals surface area contributed by atoms with Gasteiger partial charge in [-0.05, 0) is 37.5 Å². The molecule has 0 saturated carbocycles. The van der Waals surface area contributed by atoms with Gasteiger partial charge in [-0.3, -0.25) is 9.59 Å². The highest BCUT2D eigenvalue weighted by Gasteiger charge is 2.26. The van der Waals surface area contributed by atoms with Crippen LogP contribution in [0.4, 0.5) is 5.82 Å². The van der Waals surface area contributed by atoms with Crippen LogP contribution in [0, 0.1) is 12.8 Å². The molecule has 0 spiro atoms. The molecule has 116 valence electrons. The molecule has 5 heteroatoms. The van der Waals surface area contributed by atoms with E-state index in [9.17, 15) is 9.59 Å². The van der Waals surface area contributed by atoms with Crippen LogP contribution in [0.15, 0.2) is 18.3 Å². The molecule has 1 aromatic rings. The molecule has 1 aromatic heterocycles. The Morgan fingerprint density at radius 2 is 1.90 bits per heavy atom. The van der Waals surface area contributed by atoms with Crippen molar-refractivity contribution in [3.63, 3.8) is 0 Å². The first kappa shape index (κ1) is 17.1. The summed E-state index contributed by atoms with van der Waals surface area (Å²) in [6.07, 6.45) is 3.12. The van der Waals surface area contributed by atoms with Crippen LogP contribution in [0.25, 0.3) is 0 Å². The molecule has 0 atom stereocenters. The fourth-order valence-corrected chi connectivity index (χ4v) is 2.29. The number of nitrogens with zero attached hydrogens (tertiary/aromatic N) is 2. The molecule has 0 radical (unpaired) electrons. The van der Waals surface area contributed by atoms with Crippen LogP contribution in [0.3, 0.4) is 0 Å². The molecule has 0 aliphatic carbocycles. The van der Waals surface area contributed by atoms with Gasteiger partial charge in [0.2, 0.25) is 11.8 Å². The number of likely N-dealkylation sites (tertiary alicyclic amines) is 1. The Labute approximate surface area is 126 Å². The summed E-state index contributed by atoms with van der Waals surface area (Å²) in [4.78, 5) is 29.2. The third-order valence-electron chi connectivity index (χ3n) is 3.48. The minimum Gasteiger partial charge on any atom is -0.343 e. The van der Waals surface area contributed by atoms with Crippen LogP contribution in [-0.4, -0.2) is 34.8 Å². The molecule has 2 amide bonds. The lowest BCUT2D eigenvalue weighted by Gasteiger charge is -2.30. The van der Waals surface area contributed by atoms with Crippen LogP contribution >= 0.6 is 0 Å². The van der Waals surface area contributed by atoms with Crippen molar-refractivity contribution in [3.05, 3.63) is 23.9 Å².